The van der Waals surface area contributed by atoms with Gasteiger partial charge in [0.25, 0.3) is 11.5 Å². The first-order valence-electron chi connectivity index (χ1n) is 8.23. The molecule has 1 aliphatic rings. The molecule has 1 amide bonds. The second-order valence-electron chi connectivity index (χ2n) is 6.16. The molecule has 0 aliphatic carbocycles. The zero-order valence-electron chi connectivity index (χ0n) is 14.4. The second-order valence-corrected chi connectivity index (χ2v) is 6.59. The summed E-state index contributed by atoms with van der Waals surface area (Å²) in [7, 11) is 1.71. The van der Waals surface area contributed by atoms with Crippen LogP contribution in [0.4, 0.5) is 17.3 Å². The summed E-state index contributed by atoms with van der Waals surface area (Å²) in [6.45, 7) is 1.43. The molecule has 0 radical (unpaired) electrons. The van der Waals surface area contributed by atoms with Crippen LogP contribution in [0.15, 0.2) is 29.3 Å². The van der Waals surface area contributed by atoms with Crippen molar-refractivity contribution in [1.29, 1.82) is 0 Å². The molecule has 140 valence electrons. The number of nitrogens with two attached hydrogens (primary N) is 1. The summed E-state index contributed by atoms with van der Waals surface area (Å²) < 4.78 is 3.06. The van der Waals surface area contributed by atoms with Crippen molar-refractivity contribution in [2.24, 2.45) is 5.73 Å². The molecular weight excluding hydrogens is 372 g/mol. The number of anilines is 3. The SMILES string of the molecule is CNc1cc(Nc2cc(Cl)cn(C3CNC3)c2=O)nc2c(C(N)=O)cnn12. The van der Waals surface area contributed by atoms with E-state index >= 15 is 0 Å². The summed E-state index contributed by atoms with van der Waals surface area (Å²) >= 11 is 6.19. The summed E-state index contributed by atoms with van der Waals surface area (Å²) in [4.78, 5) is 28.8. The van der Waals surface area contributed by atoms with Gasteiger partial charge in [0.1, 0.15) is 22.9 Å². The minimum atomic E-state index is -0.640. The minimum absolute atomic E-state index is 0.0661. The third-order valence-electron chi connectivity index (χ3n) is 4.42. The molecule has 0 saturated carbocycles. The number of amides is 1. The highest BCUT2D eigenvalue weighted by Crippen LogP contribution is 2.22. The van der Waals surface area contributed by atoms with Crippen LogP contribution >= 0.6 is 11.6 Å². The number of fused-ring (bicyclic) bond motifs is 1. The third-order valence-corrected chi connectivity index (χ3v) is 4.63. The number of nitrogens with one attached hydrogen (secondary N) is 3. The van der Waals surface area contributed by atoms with Crippen LogP contribution in [0.25, 0.3) is 5.65 Å². The van der Waals surface area contributed by atoms with Crippen LogP contribution in [0.3, 0.4) is 0 Å². The fraction of sp³-hybridized carbons (Fsp3) is 0.250. The maximum Gasteiger partial charge on any atom is 0.274 e. The summed E-state index contributed by atoms with van der Waals surface area (Å²) in [5, 5.41) is 13.6. The molecule has 3 aromatic heterocycles. The van der Waals surface area contributed by atoms with Gasteiger partial charge in [0.2, 0.25) is 0 Å². The Labute approximate surface area is 158 Å². The lowest BCUT2D eigenvalue weighted by molar-refractivity contribution is 0.100. The van der Waals surface area contributed by atoms with E-state index in [2.05, 4.69) is 26.0 Å². The van der Waals surface area contributed by atoms with Gasteiger partial charge in [0.15, 0.2) is 5.65 Å². The van der Waals surface area contributed by atoms with Gasteiger partial charge in [-0.25, -0.2) is 4.98 Å². The van der Waals surface area contributed by atoms with E-state index < -0.39 is 5.91 Å². The molecule has 1 fully saturated rings. The van der Waals surface area contributed by atoms with Gasteiger partial charge in [-0.3, -0.25) is 9.59 Å². The fourth-order valence-corrected chi connectivity index (χ4v) is 3.13. The molecule has 0 atom stereocenters. The quantitative estimate of drug-likeness (QED) is 0.502. The van der Waals surface area contributed by atoms with E-state index in [0.717, 1.165) is 0 Å². The van der Waals surface area contributed by atoms with E-state index in [0.29, 0.717) is 29.7 Å². The van der Waals surface area contributed by atoms with Gasteiger partial charge in [-0.1, -0.05) is 11.6 Å². The molecule has 10 nitrogen and oxygen atoms in total. The van der Waals surface area contributed by atoms with Crippen molar-refractivity contribution in [1.82, 2.24) is 24.5 Å². The largest absolute Gasteiger partial charge is 0.373 e. The highest BCUT2D eigenvalue weighted by atomic mass is 35.5. The normalized spacial score (nSPS) is 14.1. The Morgan fingerprint density at radius 2 is 2.19 bits per heavy atom. The zero-order valence-corrected chi connectivity index (χ0v) is 15.1. The van der Waals surface area contributed by atoms with Crippen LogP contribution in [-0.4, -0.2) is 45.2 Å². The van der Waals surface area contributed by atoms with Gasteiger partial charge in [-0.15, -0.1) is 0 Å². The van der Waals surface area contributed by atoms with Crippen LogP contribution in [-0.2, 0) is 0 Å². The van der Waals surface area contributed by atoms with Crippen LogP contribution in [0, 0.1) is 0 Å². The van der Waals surface area contributed by atoms with E-state index in [1.165, 1.54) is 10.7 Å². The Bertz CT molecular complexity index is 1100. The monoisotopic (exact) mass is 388 g/mol. The lowest BCUT2D eigenvalue weighted by Gasteiger charge is -2.29. The van der Waals surface area contributed by atoms with Crippen LogP contribution in [0.5, 0.6) is 0 Å². The number of carbonyl (C=O) groups is 1. The first kappa shape index (κ1) is 17.3. The van der Waals surface area contributed by atoms with Crippen molar-refractivity contribution in [2.45, 2.75) is 6.04 Å². The third kappa shape index (κ3) is 2.98. The standard InChI is InChI=1S/C16H17ClN8O2/c1-19-13-3-12(23-15-10(14(18)26)6-21-25(13)15)22-11-2-8(17)7-24(16(11)27)9-4-20-5-9/h2-3,6-7,9,19-20H,4-5H2,1H3,(H2,18,26)(H,22,23). The summed E-state index contributed by atoms with van der Waals surface area (Å²) in [5.41, 5.74) is 5.93. The number of pyridine rings is 1. The maximum atomic E-state index is 12.8. The molecule has 11 heteroatoms. The van der Waals surface area contributed by atoms with Crippen LogP contribution < -0.4 is 27.2 Å². The summed E-state index contributed by atoms with van der Waals surface area (Å²) in [6, 6.07) is 3.28. The van der Waals surface area contributed by atoms with Gasteiger partial charge in [-0.2, -0.15) is 9.61 Å². The average Bonchev–Trinajstić information content (AvgIpc) is 3.00. The van der Waals surface area contributed by atoms with Gasteiger partial charge in [-0.05, 0) is 6.07 Å². The number of aromatic nitrogens is 4. The molecule has 0 unspecified atom stereocenters. The number of nitrogens with zero attached hydrogens (tertiary/aromatic N) is 4. The van der Waals surface area contributed by atoms with E-state index in [-0.39, 0.29) is 28.5 Å². The lowest BCUT2D eigenvalue weighted by Crippen LogP contribution is -2.47. The number of hydrogen-bond donors (Lipinski definition) is 4. The Morgan fingerprint density at radius 3 is 2.81 bits per heavy atom. The van der Waals surface area contributed by atoms with Gasteiger partial charge in [0.05, 0.1) is 17.3 Å². The molecule has 1 saturated heterocycles. The topological polar surface area (TPSA) is 131 Å². The number of primary amides is 1. The van der Waals surface area contributed by atoms with Gasteiger partial charge >= 0.3 is 0 Å². The highest BCUT2D eigenvalue weighted by molar-refractivity contribution is 6.30. The summed E-state index contributed by atoms with van der Waals surface area (Å²) in [5.74, 6) is 0.285. The number of halogens is 1. The van der Waals surface area contributed by atoms with E-state index in [4.69, 9.17) is 17.3 Å². The Morgan fingerprint density at radius 1 is 1.41 bits per heavy atom. The molecule has 27 heavy (non-hydrogen) atoms. The Balaban J connectivity index is 1.80. The smallest absolute Gasteiger partial charge is 0.274 e. The van der Waals surface area contributed by atoms with Crippen LogP contribution in [0.2, 0.25) is 5.02 Å². The molecule has 1 aliphatic heterocycles. The van der Waals surface area contributed by atoms with Crippen molar-refractivity contribution in [3.8, 4) is 0 Å². The Kier molecular flexibility index (Phi) is 4.21. The number of rotatable bonds is 5. The summed E-state index contributed by atoms with van der Waals surface area (Å²) in [6.07, 6.45) is 2.98. The average molecular weight is 389 g/mol. The molecular formula is C16H17ClN8O2. The first-order chi connectivity index (χ1) is 13.0. The highest BCUT2D eigenvalue weighted by Gasteiger charge is 2.22. The van der Waals surface area contributed by atoms with Crippen molar-refractivity contribution in [3.63, 3.8) is 0 Å². The zero-order chi connectivity index (χ0) is 19.1. The van der Waals surface area contributed by atoms with E-state index in [1.807, 2.05) is 0 Å². The molecule has 5 N–H and O–H groups in total. The number of carbonyl (C=O) groups excluding carboxylic acids is 1. The molecule has 0 spiro atoms. The van der Waals surface area contributed by atoms with Gasteiger partial charge in [0, 0.05) is 32.4 Å². The van der Waals surface area contributed by atoms with Crippen molar-refractivity contribution >= 4 is 40.5 Å². The molecule has 3 aromatic rings. The first-order valence-corrected chi connectivity index (χ1v) is 8.61. The van der Waals surface area contributed by atoms with Gasteiger partial charge < -0.3 is 26.3 Å². The molecule has 0 bridgehead atoms. The van der Waals surface area contributed by atoms with E-state index in [1.54, 1.807) is 29.9 Å². The molecule has 0 aromatic carbocycles. The fourth-order valence-electron chi connectivity index (χ4n) is 2.92. The predicted octanol–water partition coefficient (Wildman–Crippen LogP) is 0.573. The number of hydrogen-bond acceptors (Lipinski definition) is 7. The minimum Gasteiger partial charge on any atom is -0.373 e. The van der Waals surface area contributed by atoms with Crippen LogP contribution in [0.1, 0.15) is 16.4 Å². The molecule has 4 rings (SSSR count). The van der Waals surface area contributed by atoms with Crippen molar-refractivity contribution in [3.05, 3.63) is 45.5 Å². The van der Waals surface area contributed by atoms with E-state index in [9.17, 15) is 9.59 Å². The second kappa shape index (κ2) is 6.56. The predicted molar refractivity (Wildman–Crippen MR) is 102 cm³/mol. The molecule has 4 heterocycles. The van der Waals surface area contributed by atoms with Crippen molar-refractivity contribution in [2.75, 3.05) is 30.8 Å². The van der Waals surface area contributed by atoms with Crippen molar-refractivity contribution < 1.29 is 4.79 Å². The Hall–Kier alpha value is -3.11. The maximum absolute atomic E-state index is 12.8. The lowest BCUT2D eigenvalue weighted by atomic mass is 10.1.